The molecule has 0 atom stereocenters. The molecule has 0 aliphatic carbocycles. The van der Waals surface area contributed by atoms with E-state index >= 15 is 0 Å². The van der Waals surface area contributed by atoms with Crippen molar-refractivity contribution < 1.29 is 9.84 Å². The van der Waals surface area contributed by atoms with Gasteiger partial charge in [0, 0.05) is 12.0 Å². The molecule has 0 saturated heterocycles. The third-order valence-electron chi connectivity index (χ3n) is 1.98. The molecule has 2 rings (SSSR count). The first kappa shape index (κ1) is 11.6. The molecule has 0 fully saturated rings. The second-order valence-corrected chi connectivity index (χ2v) is 4.79. The predicted octanol–water partition coefficient (Wildman–Crippen LogP) is 3.23. The van der Waals surface area contributed by atoms with Crippen molar-refractivity contribution >= 4 is 27.3 Å². The number of benzene rings is 1. The highest BCUT2D eigenvalue weighted by Gasteiger charge is 2.02. The van der Waals surface area contributed by atoms with Gasteiger partial charge in [0.15, 0.2) is 0 Å². The van der Waals surface area contributed by atoms with E-state index in [4.69, 9.17) is 9.84 Å². The van der Waals surface area contributed by atoms with Gasteiger partial charge in [-0.2, -0.15) is 4.98 Å². The van der Waals surface area contributed by atoms with E-state index in [1.54, 1.807) is 0 Å². The van der Waals surface area contributed by atoms with Gasteiger partial charge in [-0.1, -0.05) is 23.5 Å². The molecule has 0 bridgehead atoms. The minimum Gasteiger partial charge on any atom is -0.431 e. The SMILES string of the molecule is OCCc1ccc(Oc2nc(Br)cs2)cc1. The molecule has 1 heterocycles. The lowest BCUT2D eigenvalue weighted by molar-refractivity contribution is 0.299. The van der Waals surface area contributed by atoms with Crippen LogP contribution < -0.4 is 4.74 Å². The zero-order valence-corrected chi connectivity index (χ0v) is 10.8. The van der Waals surface area contributed by atoms with Crippen LogP contribution >= 0.6 is 27.3 Å². The summed E-state index contributed by atoms with van der Waals surface area (Å²) in [6, 6.07) is 7.63. The molecule has 1 N–H and O–H groups in total. The molecule has 1 aromatic heterocycles. The van der Waals surface area contributed by atoms with Crippen LogP contribution in [0.25, 0.3) is 0 Å². The van der Waals surface area contributed by atoms with Gasteiger partial charge in [-0.15, -0.1) is 0 Å². The van der Waals surface area contributed by atoms with Crippen molar-refractivity contribution in [2.75, 3.05) is 6.61 Å². The van der Waals surface area contributed by atoms with E-state index in [0.29, 0.717) is 11.6 Å². The molecule has 0 saturated carbocycles. The quantitative estimate of drug-likeness (QED) is 0.942. The van der Waals surface area contributed by atoms with Crippen LogP contribution in [0.3, 0.4) is 0 Å². The number of thiazole rings is 1. The first-order valence-corrected chi connectivity index (χ1v) is 6.44. The molecule has 0 aliphatic heterocycles. The summed E-state index contributed by atoms with van der Waals surface area (Å²) in [6.45, 7) is 0.166. The first-order chi connectivity index (χ1) is 7.78. The Morgan fingerprint density at radius 1 is 1.31 bits per heavy atom. The van der Waals surface area contributed by atoms with Crippen molar-refractivity contribution in [1.82, 2.24) is 4.98 Å². The highest BCUT2D eigenvalue weighted by molar-refractivity contribution is 9.10. The maximum absolute atomic E-state index is 8.78. The standard InChI is InChI=1S/C11H10BrNO2S/c12-10-7-16-11(13-10)15-9-3-1-8(2-4-9)5-6-14/h1-4,7,14H,5-6H2. The Morgan fingerprint density at radius 3 is 2.62 bits per heavy atom. The summed E-state index contributed by atoms with van der Waals surface area (Å²) in [4.78, 5) is 4.14. The molecule has 0 amide bonds. The van der Waals surface area contributed by atoms with E-state index in [2.05, 4.69) is 20.9 Å². The topological polar surface area (TPSA) is 42.4 Å². The summed E-state index contributed by atoms with van der Waals surface area (Å²) in [5.74, 6) is 0.753. The Bertz CT molecular complexity index is 455. The Hall–Kier alpha value is -0.910. The van der Waals surface area contributed by atoms with Crippen molar-refractivity contribution in [3.05, 3.63) is 39.8 Å². The Balaban J connectivity index is 2.05. The fourth-order valence-electron chi connectivity index (χ4n) is 1.24. The van der Waals surface area contributed by atoms with Gasteiger partial charge in [-0.3, -0.25) is 0 Å². The highest BCUT2D eigenvalue weighted by atomic mass is 79.9. The lowest BCUT2D eigenvalue weighted by Gasteiger charge is -2.02. The summed E-state index contributed by atoms with van der Waals surface area (Å²) in [5.41, 5.74) is 1.09. The van der Waals surface area contributed by atoms with E-state index in [9.17, 15) is 0 Å². The largest absolute Gasteiger partial charge is 0.431 e. The minimum absolute atomic E-state index is 0.166. The average molecular weight is 300 g/mol. The van der Waals surface area contributed by atoms with Crippen LogP contribution in [0, 0.1) is 0 Å². The molecule has 0 spiro atoms. The lowest BCUT2D eigenvalue weighted by atomic mass is 10.1. The summed E-state index contributed by atoms with van der Waals surface area (Å²) >= 11 is 4.71. The van der Waals surface area contributed by atoms with Crippen LogP contribution in [0.15, 0.2) is 34.2 Å². The van der Waals surface area contributed by atoms with Crippen LogP contribution in [0.5, 0.6) is 10.9 Å². The summed E-state index contributed by atoms with van der Waals surface area (Å²) < 4.78 is 6.33. The number of aliphatic hydroxyl groups excluding tert-OH is 1. The molecular formula is C11H10BrNO2S. The molecule has 2 aromatic rings. The molecule has 0 aliphatic rings. The number of hydrogen-bond acceptors (Lipinski definition) is 4. The monoisotopic (exact) mass is 299 g/mol. The van der Waals surface area contributed by atoms with Gasteiger partial charge in [-0.25, -0.2) is 0 Å². The molecule has 16 heavy (non-hydrogen) atoms. The van der Waals surface area contributed by atoms with Crippen molar-refractivity contribution in [3.8, 4) is 10.9 Å². The fourth-order valence-corrected chi connectivity index (χ4v) is 2.34. The molecule has 0 unspecified atom stereocenters. The summed E-state index contributed by atoms with van der Waals surface area (Å²) in [7, 11) is 0. The maximum Gasteiger partial charge on any atom is 0.279 e. The van der Waals surface area contributed by atoms with Gasteiger partial charge >= 0.3 is 0 Å². The first-order valence-electron chi connectivity index (χ1n) is 4.76. The number of rotatable bonds is 4. The summed E-state index contributed by atoms with van der Waals surface area (Å²) in [5, 5.41) is 11.3. The van der Waals surface area contributed by atoms with Gasteiger partial charge in [0.25, 0.3) is 5.19 Å². The molecule has 1 aromatic carbocycles. The van der Waals surface area contributed by atoms with E-state index in [1.807, 2.05) is 29.6 Å². The number of halogens is 1. The molecule has 3 nitrogen and oxygen atoms in total. The van der Waals surface area contributed by atoms with Gasteiger partial charge in [0.1, 0.15) is 10.4 Å². The number of hydrogen-bond donors (Lipinski definition) is 1. The Labute approximate surface area is 106 Å². The average Bonchev–Trinajstić information content (AvgIpc) is 2.67. The van der Waals surface area contributed by atoms with Gasteiger partial charge in [0.05, 0.1) is 0 Å². The molecule has 5 heteroatoms. The number of aliphatic hydroxyl groups is 1. The smallest absolute Gasteiger partial charge is 0.279 e. The molecular weight excluding hydrogens is 290 g/mol. The van der Waals surface area contributed by atoms with Gasteiger partial charge in [-0.05, 0) is 40.0 Å². The van der Waals surface area contributed by atoms with Gasteiger partial charge in [0.2, 0.25) is 0 Å². The van der Waals surface area contributed by atoms with Crippen LogP contribution in [-0.2, 0) is 6.42 Å². The van der Waals surface area contributed by atoms with Crippen LogP contribution in [-0.4, -0.2) is 16.7 Å². The Morgan fingerprint density at radius 2 is 2.06 bits per heavy atom. The highest BCUT2D eigenvalue weighted by Crippen LogP contribution is 2.27. The predicted molar refractivity (Wildman–Crippen MR) is 67.1 cm³/mol. The zero-order valence-electron chi connectivity index (χ0n) is 8.39. The maximum atomic E-state index is 8.78. The van der Waals surface area contributed by atoms with Crippen molar-refractivity contribution in [2.45, 2.75) is 6.42 Å². The molecule has 0 radical (unpaired) electrons. The molecule has 84 valence electrons. The zero-order chi connectivity index (χ0) is 11.4. The van der Waals surface area contributed by atoms with Crippen LogP contribution in [0.1, 0.15) is 5.56 Å². The Kier molecular flexibility index (Phi) is 3.93. The third kappa shape index (κ3) is 3.04. The summed E-state index contributed by atoms with van der Waals surface area (Å²) in [6.07, 6.45) is 0.670. The van der Waals surface area contributed by atoms with Crippen molar-refractivity contribution in [3.63, 3.8) is 0 Å². The van der Waals surface area contributed by atoms with Crippen LogP contribution in [0.2, 0.25) is 0 Å². The second kappa shape index (κ2) is 5.43. The second-order valence-electron chi connectivity index (χ2n) is 3.16. The van der Waals surface area contributed by atoms with Crippen molar-refractivity contribution in [2.24, 2.45) is 0 Å². The minimum atomic E-state index is 0.166. The van der Waals surface area contributed by atoms with E-state index in [1.165, 1.54) is 11.3 Å². The van der Waals surface area contributed by atoms with E-state index < -0.39 is 0 Å². The van der Waals surface area contributed by atoms with Gasteiger partial charge < -0.3 is 9.84 Å². The third-order valence-corrected chi connectivity index (χ3v) is 3.41. The van der Waals surface area contributed by atoms with Crippen LogP contribution in [0.4, 0.5) is 0 Å². The number of aromatic nitrogens is 1. The van der Waals surface area contributed by atoms with Crippen molar-refractivity contribution in [1.29, 1.82) is 0 Å². The van der Waals surface area contributed by atoms with E-state index in [0.717, 1.165) is 15.9 Å². The number of ether oxygens (including phenoxy) is 1. The number of nitrogens with zero attached hydrogens (tertiary/aromatic N) is 1. The normalized spacial score (nSPS) is 10.4. The fraction of sp³-hybridized carbons (Fsp3) is 0.182. The van der Waals surface area contributed by atoms with E-state index in [-0.39, 0.29) is 6.61 Å². The lowest BCUT2D eigenvalue weighted by Crippen LogP contribution is -1.90.